The van der Waals surface area contributed by atoms with E-state index in [1.807, 2.05) is 0 Å². The van der Waals surface area contributed by atoms with Crippen molar-refractivity contribution >= 4 is 17.0 Å². The summed E-state index contributed by atoms with van der Waals surface area (Å²) in [4.78, 5) is 20.5. The molecule has 3 heterocycles. The zero-order chi connectivity index (χ0) is 27.8. The number of carbonyl (C=O) groups excluding carboxylic acids is 1. The summed E-state index contributed by atoms with van der Waals surface area (Å²) in [6.45, 7) is 3.40. The maximum absolute atomic E-state index is 13.5. The molecule has 0 bridgehead atoms. The van der Waals surface area contributed by atoms with Gasteiger partial charge in [-0.2, -0.15) is 41.5 Å². The van der Waals surface area contributed by atoms with Gasteiger partial charge in [0.2, 0.25) is 5.88 Å². The Hall–Kier alpha value is -4.17. The van der Waals surface area contributed by atoms with E-state index in [0.717, 1.165) is 0 Å². The fraction of sp³-hybridized carbons (Fsp3) is 0.348. The first-order chi connectivity index (χ1) is 17.9. The van der Waals surface area contributed by atoms with E-state index in [0.29, 0.717) is 12.1 Å². The summed E-state index contributed by atoms with van der Waals surface area (Å²) in [6, 6.07) is 0.361. The van der Waals surface area contributed by atoms with Gasteiger partial charge in [-0.25, -0.2) is 14.5 Å². The summed E-state index contributed by atoms with van der Waals surface area (Å²) in [6.07, 6.45) is -6.05. The summed E-state index contributed by atoms with van der Waals surface area (Å²) in [5.41, 5.74) is -2.65. The molecule has 4 rings (SSSR count). The Morgan fingerprint density at radius 2 is 1.63 bits per heavy atom. The number of methoxy groups -OCH3 is 1. The van der Waals surface area contributed by atoms with Gasteiger partial charge in [0.25, 0.3) is 5.95 Å². The van der Waals surface area contributed by atoms with Crippen LogP contribution in [0.1, 0.15) is 53.4 Å². The fourth-order valence-corrected chi connectivity index (χ4v) is 3.87. The van der Waals surface area contributed by atoms with Crippen LogP contribution in [0.3, 0.4) is 0 Å². The number of ether oxygens (including phenoxy) is 2. The van der Waals surface area contributed by atoms with Crippen LogP contribution in [0.4, 0.5) is 26.3 Å². The molecular formula is C23H20F6N6O3. The molecule has 9 nitrogen and oxygen atoms in total. The maximum atomic E-state index is 13.5. The first-order valence-corrected chi connectivity index (χ1v) is 11.2. The summed E-state index contributed by atoms with van der Waals surface area (Å²) >= 11 is 0. The van der Waals surface area contributed by atoms with Crippen molar-refractivity contribution in [3.05, 3.63) is 59.0 Å². The lowest BCUT2D eigenvalue weighted by Gasteiger charge is -2.21. The lowest BCUT2D eigenvalue weighted by atomic mass is 9.98. The molecule has 202 valence electrons. The number of fused-ring (bicyclic) bond motifs is 1. The summed E-state index contributed by atoms with van der Waals surface area (Å²) in [5, 5.41) is 8.23. The van der Waals surface area contributed by atoms with Gasteiger partial charge < -0.3 is 9.47 Å². The van der Waals surface area contributed by atoms with Gasteiger partial charge in [0.1, 0.15) is 11.0 Å². The van der Waals surface area contributed by atoms with Crippen molar-refractivity contribution < 1.29 is 40.6 Å². The quantitative estimate of drug-likeness (QED) is 0.233. The second kappa shape index (κ2) is 9.95. The van der Waals surface area contributed by atoms with Crippen LogP contribution < -0.4 is 4.74 Å². The molecule has 0 fully saturated rings. The first kappa shape index (κ1) is 26.9. The number of hydrogen-bond acceptors (Lipinski definition) is 7. The van der Waals surface area contributed by atoms with Gasteiger partial charge in [-0.15, -0.1) is 0 Å². The van der Waals surface area contributed by atoms with Gasteiger partial charge in [0.05, 0.1) is 48.8 Å². The molecule has 0 saturated carbocycles. The summed E-state index contributed by atoms with van der Waals surface area (Å²) < 4.78 is 93.4. The molecule has 1 atom stereocenters. The smallest absolute Gasteiger partial charge is 0.416 e. The van der Waals surface area contributed by atoms with E-state index in [2.05, 4.69) is 20.2 Å². The van der Waals surface area contributed by atoms with Crippen LogP contribution in [0.25, 0.3) is 17.0 Å². The molecule has 0 amide bonds. The summed E-state index contributed by atoms with van der Waals surface area (Å²) in [7, 11) is 1.28. The van der Waals surface area contributed by atoms with E-state index < -0.39 is 35.5 Å². The molecule has 0 spiro atoms. The molecule has 1 aromatic carbocycles. The third-order valence-corrected chi connectivity index (χ3v) is 5.57. The van der Waals surface area contributed by atoms with Crippen molar-refractivity contribution in [2.45, 2.75) is 38.7 Å². The third kappa shape index (κ3) is 5.13. The number of halogens is 6. The predicted molar refractivity (Wildman–Crippen MR) is 120 cm³/mol. The largest absolute Gasteiger partial charge is 0.479 e. The van der Waals surface area contributed by atoms with E-state index in [1.165, 1.54) is 35.1 Å². The van der Waals surface area contributed by atoms with Crippen LogP contribution in [0.2, 0.25) is 0 Å². The van der Waals surface area contributed by atoms with Crippen LogP contribution in [0, 0.1) is 0 Å². The van der Waals surface area contributed by atoms with Crippen molar-refractivity contribution in [3.63, 3.8) is 0 Å². The normalized spacial score (nSPS) is 13.1. The van der Waals surface area contributed by atoms with Gasteiger partial charge in [0.15, 0.2) is 0 Å². The van der Waals surface area contributed by atoms with Crippen molar-refractivity contribution in [3.8, 4) is 11.8 Å². The topological polar surface area (TPSA) is 97.0 Å². The molecule has 15 heteroatoms. The predicted octanol–water partition coefficient (Wildman–Crippen LogP) is 5.23. The molecule has 0 aliphatic rings. The third-order valence-electron chi connectivity index (χ3n) is 5.57. The molecule has 0 N–H and O–H groups in total. The number of hydrogen-bond donors (Lipinski definition) is 0. The van der Waals surface area contributed by atoms with Crippen molar-refractivity contribution in [2.24, 2.45) is 0 Å². The molecule has 0 aliphatic heterocycles. The van der Waals surface area contributed by atoms with E-state index in [1.54, 1.807) is 13.8 Å². The Morgan fingerprint density at radius 3 is 2.18 bits per heavy atom. The molecule has 1 unspecified atom stereocenters. The molecule has 0 saturated heterocycles. The highest BCUT2D eigenvalue weighted by Gasteiger charge is 2.38. The molecule has 0 radical (unpaired) electrons. The first-order valence-electron chi connectivity index (χ1n) is 11.2. The Morgan fingerprint density at radius 1 is 0.974 bits per heavy atom. The molecule has 38 heavy (non-hydrogen) atoms. The SMILES string of the molecule is CCOC(=O)c1cnn(-c2nc(OC)c3c(cnn3C(CC)c3cc(C(F)(F)F)cc(C(F)(F)F)c3)n2)c1. The number of carbonyl (C=O) groups is 1. The van der Waals surface area contributed by atoms with Crippen LogP contribution in [0.15, 0.2) is 36.8 Å². The van der Waals surface area contributed by atoms with Crippen LogP contribution in [0.5, 0.6) is 5.88 Å². The second-order valence-electron chi connectivity index (χ2n) is 8.01. The number of alkyl halides is 6. The van der Waals surface area contributed by atoms with Crippen molar-refractivity contribution in [1.29, 1.82) is 0 Å². The molecule has 0 aliphatic carbocycles. The minimum Gasteiger partial charge on any atom is -0.479 e. The monoisotopic (exact) mass is 542 g/mol. The summed E-state index contributed by atoms with van der Waals surface area (Å²) in [5.74, 6) is -0.683. The highest BCUT2D eigenvalue weighted by atomic mass is 19.4. The molecular weight excluding hydrogens is 522 g/mol. The average molecular weight is 542 g/mol. The highest BCUT2D eigenvalue weighted by Crippen LogP contribution is 2.39. The number of benzene rings is 1. The maximum Gasteiger partial charge on any atom is 0.416 e. The zero-order valence-corrected chi connectivity index (χ0v) is 20.1. The van der Waals surface area contributed by atoms with Crippen molar-refractivity contribution in [1.82, 2.24) is 29.5 Å². The van der Waals surface area contributed by atoms with Gasteiger partial charge in [0, 0.05) is 6.20 Å². The standard InChI is InChI=1S/C23H20F6N6O3/c1-4-17(12-6-14(22(24,25)26)8-15(7-12)23(27,28)29)35-18-16(10-31-35)32-21(33-19(18)37-3)34-11-13(9-30-34)20(36)38-5-2/h6-11,17H,4-5H2,1-3H3. The highest BCUT2D eigenvalue weighted by molar-refractivity contribution is 5.88. The number of nitrogens with zero attached hydrogens (tertiary/aromatic N) is 6. The Kier molecular flexibility index (Phi) is 7.04. The van der Waals surface area contributed by atoms with E-state index in [-0.39, 0.29) is 53.1 Å². The lowest BCUT2D eigenvalue weighted by molar-refractivity contribution is -0.143. The number of aromatic nitrogens is 6. The Balaban J connectivity index is 1.83. The average Bonchev–Trinajstić information content (AvgIpc) is 3.51. The minimum atomic E-state index is -5.00. The molecule has 4 aromatic rings. The number of esters is 1. The number of rotatable bonds is 7. The van der Waals surface area contributed by atoms with E-state index in [9.17, 15) is 31.1 Å². The Bertz CT molecular complexity index is 1440. The van der Waals surface area contributed by atoms with E-state index >= 15 is 0 Å². The second-order valence-corrected chi connectivity index (χ2v) is 8.01. The van der Waals surface area contributed by atoms with Crippen LogP contribution in [-0.2, 0) is 17.1 Å². The van der Waals surface area contributed by atoms with Gasteiger partial charge >= 0.3 is 18.3 Å². The molecule has 3 aromatic heterocycles. The van der Waals surface area contributed by atoms with Gasteiger partial charge in [-0.3, -0.25) is 4.68 Å². The van der Waals surface area contributed by atoms with Crippen LogP contribution in [-0.4, -0.2) is 49.2 Å². The lowest BCUT2D eigenvalue weighted by Crippen LogP contribution is -2.17. The minimum absolute atomic E-state index is 0.0177. The fourth-order valence-electron chi connectivity index (χ4n) is 3.87. The van der Waals surface area contributed by atoms with Gasteiger partial charge in [-0.05, 0) is 37.1 Å². The van der Waals surface area contributed by atoms with Crippen molar-refractivity contribution in [2.75, 3.05) is 13.7 Å². The van der Waals surface area contributed by atoms with Crippen LogP contribution >= 0.6 is 0 Å². The zero-order valence-electron chi connectivity index (χ0n) is 20.1. The Labute approximate surface area is 211 Å². The van der Waals surface area contributed by atoms with Gasteiger partial charge in [-0.1, -0.05) is 6.92 Å². The van der Waals surface area contributed by atoms with E-state index in [4.69, 9.17) is 9.47 Å².